The van der Waals surface area contributed by atoms with Crippen molar-refractivity contribution in [3.05, 3.63) is 33.1 Å². The molecule has 0 amide bonds. The first-order valence-corrected chi connectivity index (χ1v) is 4.48. The summed E-state index contributed by atoms with van der Waals surface area (Å²) in [7, 11) is 1.58. The molecule has 5 nitrogen and oxygen atoms in total. The highest BCUT2D eigenvalue weighted by Gasteiger charge is 2.02. The molecule has 0 aliphatic rings. The van der Waals surface area contributed by atoms with E-state index in [0.717, 1.165) is 4.57 Å². The number of rotatable bonds is 3. The summed E-state index contributed by atoms with van der Waals surface area (Å²) in [5.41, 5.74) is 4.60. The van der Waals surface area contributed by atoms with Crippen molar-refractivity contribution in [2.24, 2.45) is 12.8 Å². The molecular formula is C8H11N3O2S. The van der Waals surface area contributed by atoms with E-state index in [-0.39, 0.29) is 17.8 Å². The smallest absolute Gasteiger partial charge is 0.330 e. The maximum absolute atomic E-state index is 11.4. The van der Waals surface area contributed by atoms with Crippen molar-refractivity contribution in [2.45, 2.75) is 13.0 Å². The van der Waals surface area contributed by atoms with Gasteiger partial charge in [-0.15, -0.1) is 0 Å². The van der Waals surface area contributed by atoms with Gasteiger partial charge in [-0.2, -0.15) is 0 Å². The lowest BCUT2D eigenvalue weighted by molar-refractivity contribution is 0.604. The minimum atomic E-state index is -0.353. The summed E-state index contributed by atoms with van der Waals surface area (Å²) in [6.07, 6.45) is 1.79. The van der Waals surface area contributed by atoms with Crippen molar-refractivity contribution in [3.8, 4) is 0 Å². The van der Waals surface area contributed by atoms with Crippen LogP contribution >= 0.6 is 12.2 Å². The third kappa shape index (κ3) is 2.29. The van der Waals surface area contributed by atoms with Gasteiger partial charge in [0.1, 0.15) is 0 Å². The zero-order chi connectivity index (χ0) is 10.7. The third-order valence-corrected chi connectivity index (χ3v) is 2.03. The molecule has 0 atom stereocenters. The number of aryl methyl sites for hydroxylation is 1. The molecule has 0 spiro atoms. The highest BCUT2D eigenvalue weighted by atomic mass is 32.1. The number of thiocarbonyl (C=S) groups is 1. The number of nitrogens with zero attached hydrogens (tertiary/aromatic N) is 2. The maximum atomic E-state index is 11.4. The molecule has 1 aromatic heterocycles. The molecule has 6 heteroatoms. The highest BCUT2D eigenvalue weighted by Crippen LogP contribution is 1.83. The molecule has 0 aromatic carbocycles. The van der Waals surface area contributed by atoms with Crippen LogP contribution in [0, 0.1) is 0 Å². The summed E-state index contributed by atoms with van der Waals surface area (Å²) in [6.45, 7) is 0.238. The summed E-state index contributed by atoms with van der Waals surface area (Å²) >= 11 is 4.67. The van der Waals surface area contributed by atoms with Crippen LogP contribution in [0.4, 0.5) is 0 Å². The molecule has 0 bridgehead atoms. The SMILES string of the molecule is Cn1ccc(=O)n(CCC(N)=S)c1=O. The molecule has 0 unspecified atom stereocenters. The van der Waals surface area contributed by atoms with E-state index in [4.69, 9.17) is 5.73 Å². The first-order chi connectivity index (χ1) is 6.52. The molecule has 1 heterocycles. The Hall–Kier alpha value is -1.43. The fourth-order valence-corrected chi connectivity index (χ4v) is 1.13. The summed E-state index contributed by atoms with van der Waals surface area (Å²) in [4.78, 5) is 23.0. The second-order valence-electron chi connectivity index (χ2n) is 2.92. The van der Waals surface area contributed by atoms with Gasteiger partial charge < -0.3 is 10.3 Å². The Kier molecular flexibility index (Phi) is 3.19. The average Bonchev–Trinajstić information content (AvgIpc) is 2.11. The Balaban J connectivity index is 3.08. The van der Waals surface area contributed by atoms with Crippen LogP contribution in [0.1, 0.15) is 6.42 Å². The minimum Gasteiger partial charge on any atom is -0.393 e. The predicted octanol–water partition coefficient (Wildman–Crippen LogP) is -0.777. The van der Waals surface area contributed by atoms with Crippen molar-refractivity contribution < 1.29 is 0 Å². The van der Waals surface area contributed by atoms with Crippen LogP contribution in [0.25, 0.3) is 0 Å². The molecule has 0 fully saturated rings. The molecule has 0 aliphatic heterocycles. The Morgan fingerprint density at radius 1 is 1.57 bits per heavy atom. The van der Waals surface area contributed by atoms with Crippen molar-refractivity contribution in [2.75, 3.05) is 0 Å². The molecule has 76 valence electrons. The Labute approximate surface area is 85.8 Å². The van der Waals surface area contributed by atoms with Crippen LogP contribution in [0.15, 0.2) is 21.9 Å². The first kappa shape index (κ1) is 10.6. The average molecular weight is 213 g/mol. The highest BCUT2D eigenvalue weighted by molar-refractivity contribution is 7.80. The topological polar surface area (TPSA) is 70.0 Å². The van der Waals surface area contributed by atoms with E-state index in [1.54, 1.807) is 7.05 Å². The van der Waals surface area contributed by atoms with Crippen molar-refractivity contribution in [1.82, 2.24) is 9.13 Å². The fraction of sp³-hybridized carbons (Fsp3) is 0.375. The van der Waals surface area contributed by atoms with Crippen molar-refractivity contribution in [3.63, 3.8) is 0 Å². The summed E-state index contributed by atoms with van der Waals surface area (Å²) in [5.74, 6) is 0. The van der Waals surface area contributed by atoms with Gasteiger partial charge in [0, 0.05) is 32.3 Å². The molecule has 1 rings (SSSR count). The quantitative estimate of drug-likeness (QED) is 0.669. The molecule has 0 saturated heterocycles. The molecule has 14 heavy (non-hydrogen) atoms. The van der Waals surface area contributed by atoms with Crippen LogP contribution < -0.4 is 17.0 Å². The van der Waals surface area contributed by atoms with Gasteiger partial charge in [-0.05, 0) is 0 Å². The van der Waals surface area contributed by atoms with E-state index in [9.17, 15) is 9.59 Å². The molecule has 1 aromatic rings. The van der Waals surface area contributed by atoms with Gasteiger partial charge in [0.15, 0.2) is 0 Å². The number of hydrogen-bond donors (Lipinski definition) is 1. The van der Waals surface area contributed by atoms with Gasteiger partial charge in [-0.3, -0.25) is 9.36 Å². The lowest BCUT2D eigenvalue weighted by Crippen LogP contribution is -2.38. The van der Waals surface area contributed by atoms with Gasteiger partial charge in [0.25, 0.3) is 5.56 Å². The van der Waals surface area contributed by atoms with Gasteiger partial charge in [0.2, 0.25) is 0 Å². The lowest BCUT2D eigenvalue weighted by atomic mass is 10.4. The molecule has 0 radical (unpaired) electrons. The largest absolute Gasteiger partial charge is 0.393 e. The fourth-order valence-electron chi connectivity index (χ4n) is 1.04. The van der Waals surface area contributed by atoms with E-state index in [1.165, 1.54) is 16.8 Å². The molecule has 2 N–H and O–H groups in total. The van der Waals surface area contributed by atoms with Crippen molar-refractivity contribution in [1.29, 1.82) is 0 Å². The van der Waals surface area contributed by atoms with Gasteiger partial charge in [-0.1, -0.05) is 12.2 Å². The van der Waals surface area contributed by atoms with Crippen LogP contribution in [-0.2, 0) is 13.6 Å². The molecular weight excluding hydrogens is 202 g/mol. The second kappa shape index (κ2) is 4.19. The van der Waals surface area contributed by atoms with Crippen LogP contribution in [-0.4, -0.2) is 14.1 Å². The van der Waals surface area contributed by atoms with Crippen LogP contribution in [0.3, 0.4) is 0 Å². The lowest BCUT2D eigenvalue weighted by Gasteiger charge is -2.04. The second-order valence-corrected chi connectivity index (χ2v) is 3.44. The normalized spacial score (nSPS) is 10.1. The van der Waals surface area contributed by atoms with Crippen LogP contribution in [0.5, 0.6) is 0 Å². The van der Waals surface area contributed by atoms with E-state index in [2.05, 4.69) is 12.2 Å². The number of nitrogens with two attached hydrogens (primary N) is 1. The van der Waals surface area contributed by atoms with Gasteiger partial charge >= 0.3 is 5.69 Å². The molecule has 0 saturated carbocycles. The summed E-state index contributed by atoms with van der Waals surface area (Å²) < 4.78 is 2.44. The minimum absolute atomic E-state index is 0.238. The number of aromatic nitrogens is 2. The number of hydrogen-bond acceptors (Lipinski definition) is 3. The Morgan fingerprint density at radius 3 is 2.79 bits per heavy atom. The predicted molar refractivity (Wildman–Crippen MR) is 57.3 cm³/mol. The van der Waals surface area contributed by atoms with Gasteiger partial charge in [0.05, 0.1) is 4.99 Å². The standard InChI is InChI=1S/C8H11N3O2S/c1-10-4-3-7(12)11(8(10)13)5-2-6(9)14/h3-4H,2,5H2,1H3,(H2,9,14). The Morgan fingerprint density at radius 2 is 2.21 bits per heavy atom. The van der Waals surface area contributed by atoms with E-state index in [1.807, 2.05) is 0 Å². The van der Waals surface area contributed by atoms with Crippen LogP contribution in [0.2, 0.25) is 0 Å². The van der Waals surface area contributed by atoms with Gasteiger partial charge in [-0.25, -0.2) is 4.79 Å². The van der Waals surface area contributed by atoms with E-state index < -0.39 is 0 Å². The zero-order valence-corrected chi connectivity index (χ0v) is 8.58. The zero-order valence-electron chi connectivity index (χ0n) is 7.77. The molecule has 0 aliphatic carbocycles. The summed E-state index contributed by atoms with van der Waals surface area (Å²) in [5, 5.41) is 0. The Bertz CT molecular complexity index is 460. The maximum Gasteiger partial charge on any atom is 0.330 e. The third-order valence-electron chi connectivity index (χ3n) is 1.82. The monoisotopic (exact) mass is 213 g/mol. The van der Waals surface area contributed by atoms with E-state index >= 15 is 0 Å². The van der Waals surface area contributed by atoms with E-state index in [0.29, 0.717) is 11.4 Å². The van der Waals surface area contributed by atoms with Crippen molar-refractivity contribution >= 4 is 17.2 Å². The summed E-state index contributed by atoms with van der Waals surface area (Å²) in [6, 6.07) is 1.33. The first-order valence-electron chi connectivity index (χ1n) is 4.07.